The molecule has 1 aliphatic rings. The second-order valence-corrected chi connectivity index (χ2v) is 6.33. The van der Waals surface area contributed by atoms with Crippen LogP contribution < -0.4 is 15.4 Å². The Hall–Kier alpha value is -2.25. The Kier molecular flexibility index (Phi) is 4.92. The van der Waals surface area contributed by atoms with Gasteiger partial charge in [-0.05, 0) is 57.4 Å². The van der Waals surface area contributed by atoms with Gasteiger partial charge in [-0.2, -0.15) is 0 Å². The Bertz CT molecular complexity index is 837. The number of carbonyl (C=O) groups excluding carboxylic acids is 1. The molecule has 1 aliphatic heterocycles. The molecule has 3 rings (SSSR count). The van der Waals surface area contributed by atoms with Crippen LogP contribution in [-0.2, 0) is 6.61 Å². The zero-order valence-corrected chi connectivity index (χ0v) is 14.7. The van der Waals surface area contributed by atoms with Crippen molar-refractivity contribution in [2.75, 3.05) is 0 Å². The molecule has 0 bridgehead atoms. The maximum Gasteiger partial charge on any atom is 0.324 e. The molecular formula is C17H12BrFN2O2S. The highest BCUT2D eigenvalue weighted by atomic mass is 79.9. The first kappa shape index (κ1) is 16.6. The van der Waals surface area contributed by atoms with Gasteiger partial charge in [0.25, 0.3) is 0 Å². The standard InChI is InChI=1S/C17H12BrFN2O2S/c18-13-7-11(8-14-16(24)21-17(22)20-14)3-6-15(13)23-9-10-1-4-12(19)5-2-10/h1-8H,9H2,(H2,20,21,22,24)/b14-8+. The minimum absolute atomic E-state index is 0.274. The lowest BCUT2D eigenvalue weighted by molar-refractivity contribution is 0.250. The lowest BCUT2D eigenvalue weighted by Crippen LogP contribution is -2.21. The summed E-state index contributed by atoms with van der Waals surface area (Å²) in [7, 11) is 0. The molecular weight excluding hydrogens is 395 g/mol. The lowest BCUT2D eigenvalue weighted by Gasteiger charge is -2.09. The largest absolute Gasteiger partial charge is 0.488 e. The van der Waals surface area contributed by atoms with Crippen LogP contribution >= 0.6 is 28.1 Å². The number of halogens is 2. The van der Waals surface area contributed by atoms with Gasteiger partial charge in [-0.1, -0.05) is 30.4 Å². The first-order valence-corrected chi connectivity index (χ1v) is 8.22. The molecule has 0 atom stereocenters. The van der Waals surface area contributed by atoms with Crippen molar-refractivity contribution in [1.29, 1.82) is 0 Å². The van der Waals surface area contributed by atoms with Gasteiger partial charge in [0, 0.05) is 0 Å². The summed E-state index contributed by atoms with van der Waals surface area (Å²) in [6.07, 6.45) is 1.77. The number of benzene rings is 2. The van der Waals surface area contributed by atoms with Crippen molar-refractivity contribution in [2.24, 2.45) is 0 Å². The molecule has 7 heteroatoms. The van der Waals surface area contributed by atoms with Crippen molar-refractivity contribution in [1.82, 2.24) is 10.6 Å². The van der Waals surface area contributed by atoms with Gasteiger partial charge in [0.15, 0.2) is 0 Å². The SMILES string of the molecule is O=C1NC(=S)/C(=C\c2ccc(OCc3ccc(F)cc3)c(Br)c2)N1. The molecule has 0 unspecified atom stereocenters. The van der Waals surface area contributed by atoms with E-state index in [9.17, 15) is 9.18 Å². The van der Waals surface area contributed by atoms with Crippen molar-refractivity contribution >= 4 is 45.2 Å². The van der Waals surface area contributed by atoms with Crippen molar-refractivity contribution < 1.29 is 13.9 Å². The predicted molar refractivity (Wildman–Crippen MR) is 97.1 cm³/mol. The number of ether oxygens (including phenoxy) is 1. The first-order valence-electron chi connectivity index (χ1n) is 7.02. The summed E-state index contributed by atoms with van der Waals surface area (Å²) >= 11 is 8.51. The molecule has 24 heavy (non-hydrogen) atoms. The summed E-state index contributed by atoms with van der Waals surface area (Å²) in [6.45, 7) is 0.337. The molecule has 0 radical (unpaired) electrons. The molecule has 1 saturated heterocycles. The first-order chi connectivity index (χ1) is 11.5. The highest BCUT2D eigenvalue weighted by molar-refractivity contribution is 9.10. The van der Waals surface area contributed by atoms with Crippen LogP contribution in [0.1, 0.15) is 11.1 Å². The van der Waals surface area contributed by atoms with E-state index in [2.05, 4.69) is 26.6 Å². The van der Waals surface area contributed by atoms with E-state index in [-0.39, 0.29) is 11.8 Å². The van der Waals surface area contributed by atoms with E-state index in [0.717, 1.165) is 15.6 Å². The van der Waals surface area contributed by atoms with E-state index in [0.29, 0.717) is 23.0 Å². The smallest absolute Gasteiger partial charge is 0.324 e. The molecule has 2 aromatic carbocycles. The van der Waals surface area contributed by atoms with Crippen molar-refractivity contribution in [3.63, 3.8) is 0 Å². The maximum atomic E-state index is 12.9. The third-order valence-electron chi connectivity index (χ3n) is 3.29. The third-order valence-corrected chi connectivity index (χ3v) is 4.24. The molecule has 1 heterocycles. The number of rotatable bonds is 4. The van der Waals surface area contributed by atoms with Crippen LogP contribution in [0.4, 0.5) is 9.18 Å². The van der Waals surface area contributed by atoms with Crippen LogP contribution in [0, 0.1) is 5.82 Å². The number of carbonyl (C=O) groups is 1. The number of amides is 2. The molecule has 2 N–H and O–H groups in total. The van der Waals surface area contributed by atoms with Crippen molar-refractivity contribution in [3.05, 3.63) is 69.6 Å². The van der Waals surface area contributed by atoms with Crippen LogP contribution in [-0.4, -0.2) is 11.0 Å². The van der Waals surface area contributed by atoms with Gasteiger partial charge in [0.05, 0.1) is 10.2 Å². The molecule has 2 amide bonds. The average Bonchev–Trinajstić information content (AvgIpc) is 2.86. The monoisotopic (exact) mass is 406 g/mol. The van der Waals surface area contributed by atoms with E-state index in [1.807, 2.05) is 18.2 Å². The van der Waals surface area contributed by atoms with Gasteiger partial charge in [0.1, 0.15) is 23.2 Å². The van der Waals surface area contributed by atoms with Gasteiger partial charge < -0.3 is 10.1 Å². The molecule has 0 aliphatic carbocycles. The maximum absolute atomic E-state index is 12.9. The Labute approximate surface area is 151 Å². The summed E-state index contributed by atoms with van der Waals surface area (Å²) in [4.78, 5) is 11.6. The quantitative estimate of drug-likeness (QED) is 0.592. The molecule has 122 valence electrons. The minimum atomic E-state index is -0.329. The number of thiocarbonyl (C=S) groups is 1. The van der Waals surface area contributed by atoms with Gasteiger partial charge in [-0.15, -0.1) is 0 Å². The fraction of sp³-hybridized carbons (Fsp3) is 0.0588. The Morgan fingerprint density at radius 1 is 1.17 bits per heavy atom. The predicted octanol–water partition coefficient (Wildman–Crippen LogP) is 4.15. The van der Waals surface area contributed by atoms with Gasteiger partial charge >= 0.3 is 6.03 Å². The Morgan fingerprint density at radius 2 is 1.92 bits per heavy atom. The molecule has 0 spiro atoms. The van der Waals surface area contributed by atoms with Gasteiger partial charge in [-0.3, -0.25) is 5.32 Å². The topological polar surface area (TPSA) is 50.4 Å². The summed E-state index contributed by atoms with van der Waals surface area (Å²) in [5, 5.41) is 5.14. The van der Waals surface area contributed by atoms with Gasteiger partial charge in [0.2, 0.25) is 0 Å². The zero-order chi connectivity index (χ0) is 17.1. The minimum Gasteiger partial charge on any atom is -0.488 e. The summed E-state index contributed by atoms with van der Waals surface area (Å²) in [5.74, 6) is 0.390. The van der Waals surface area contributed by atoms with Crippen molar-refractivity contribution in [3.8, 4) is 5.75 Å². The van der Waals surface area contributed by atoms with E-state index >= 15 is 0 Å². The number of urea groups is 1. The van der Waals surface area contributed by atoms with Crippen LogP contribution in [0.3, 0.4) is 0 Å². The fourth-order valence-corrected chi connectivity index (χ4v) is 2.83. The van der Waals surface area contributed by atoms with E-state index in [4.69, 9.17) is 17.0 Å². The summed E-state index contributed by atoms with van der Waals surface area (Å²) in [6, 6.07) is 11.4. The third kappa shape index (κ3) is 3.98. The van der Waals surface area contributed by atoms with Gasteiger partial charge in [-0.25, -0.2) is 9.18 Å². The van der Waals surface area contributed by atoms with E-state index < -0.39 is 0 Å². The van der Waals surface area contributed by atoms with Crippen LogP contribution in [0.25, 0.3) is 6.08 Å². The normalized spacial score (nSPS) is 15.3. The van der Waals surface area contributed by atoms with Crippen molar-refractivity contribution in [2.45, 2.75) is 6.61 Å². The fourth-order valence-electron chi connectivity index (χ4n) is 2.11. The lowest BCUT2D eigenvalue weighted by atomic mass is 10.2. The highest BCUT2D eigenvalue weighted by Gasteiger charge is 2.19. The number of nitrogens with one attached hydrogen (secondary N) is 2. The van der Waals surface area contributed by atoms with E-state index in [1.54, 1.807) is 18.2 Å². The Balaban J connectivity index is 1.70. The second kappa shape index (κ2) is 7.11. The number of hydrogen-bond donors (Lipinski definition) is 2. The summed E-state index contributed by atoms with van der Waals surface area (Å²) in [5.41, 5.74) is 2.29. The van der Waals surface area contributed by atoms with E-state index in [1.165, 1.54) is 12.1 Å². The molecule has 1 fully saturated rings. The van der Waals surface area contributed by atoms with Crippen LogP contribution in [0.2, 0.25) is 0 Å². The Morgan fingerprint density at radius 3 is 2.54 bits per heavy atom. The summed E-state index contributed by atoms with van der Waals surface area (Å²) < 4.78 is 19.4. The number of hydrogen-bond acceptors (Lipinski definition) is 3. The molecule has 2 aromatic rings. The highest BCUT2D eigenvalue weighted by Crippen LogP contribution is 2.28. The average molecular weight is 407 g/mol. The molecule has 0 aromatic heterocycles. The zero-order valence-electron chi connectivity index (χ0n) is 12.3. The molecule has 4 nitrogen and oxygen atoms in total. The van der Waals surface area contributed by atoms with Crippen LogP contribution in [0.15, 0.2) is 52.6 Å². The molecule has 0 saturated carbocycles. The second-order valence-electron chi connectivity index (χ2n) is 5.07. The van der Waals surface area contributed by atoms with Crippen LogP contribution in [0.5, 0.6) is 5.75 Å².